The van der Waals surface area contributed by atoms with Gasteiger partial charge in [-0.3, -0.25) is 9.78 Å². The number of nitrogens with one attached hydrogen (secondary N) is 2. The molecule has 0 aliphatic carbocycles. The zero-order chi connectivity index (χ0) is 19.1. The zero-order valence-electron chi connectivity index (χ0n) is 15.6. The summed E-state index contributed by atoms with van der Waals surface area (Å²) in [5, 5.41) is 2.79. The smallest absolute Gasteiger partial charge is 0.408 e. The van der Waals surface area contributed by atoms with Gasteiger partial charge in [0.1, 0.15) is 0 Å². The van der Waals surface area contributed by atoms with Crippen molar-refractivity contribution in [1.29, 1.82) is 0 Å². The molecule has 0 atom stereocenters. The number of fused-ring (bicyclic) bond motifs is 1. The molecule has 3 rings (SSSR count). The summed E-state index contributed by atoms with van der Waals surface area (Å²) in [6.45, 7) is 9.66. The van der Waals surface area contributed by atoms with Gasteiger partial charge in [0, 0.05) is 13.5 Å². The molecule has 1 aromatic heterocycles. The molecule has 1 aromatic carbocycles. The van der Waals surface area contributed by atoms with Crippen molar-refractivity contribution in [2.45, 2.75) is 45.8 Å². The molecule has 1 saturated heterocycles. The molecule has 1 aliphatic rings. The maximum Gasteiger partial charge on any atom is 0.492 e. The first-order valence-corrected chi connectivity index (χ1v) is 8.51. The minimum Gasteiger partial charge on any atom is -0.408 e. The SMILES string of the molecule is CC(=O)NCC(=Cc1ccc2[nH]c(=O)oc2c1)B1OC(C)(C)C(C)(C)O1. The fourth-order valence-electron chi connectivity index (χ4n) is 2.69. The van der Waals surface area contributed by atoms with Crippen molar-refractivity contribution >= 4 is 30.2 Å². The van der Waals surface area contributed by atoms with E-state index in [0.29, 0.717) is 17.6 Å². The van der Waals surface area contributed by atoms with Gasteiger partial charge in [0.25, 0.3) is 0 Å². The Balaban J connectivity index is 1.95. The molecular formula is C18H23BN2O5. The molecule has 0 spiro atoms. The van der Waals surface area contributed by atoms with Crippen LogP contribution < -0.4 is 11.1 Å². The molecule has 2 N–H and O–H groups in total. The number of rotatable bonds is 4. The molecule has 0 saturated carbocycles. The van der Waals surface area contributed by atoms with Gasteiger partial charge < -0.3 is 19.0 Å². The van der Waals surface area contributed by atoms with E-state index in [2.05, 4.69) is 10.3 Å². The quantitative estimate of drug-likeness (QED) is 0.818. The Morgan fingerprint density at radius 2 is 1.88 bits per heavy atom. The first kappa shape index (κ1) is 18.5. The third-order valence-electron chi connectivity index (χ3n) is 4.89. The summed E-state index contributed by atoms with van der Waals surface area (Å²) in [5.74, 6) is -0.634. The normalized spacial score (nSPS) is 19.1. The minimum atomic E-state index is -0.583. The minimum absolute atomic E-state index is 0.139. The first-order chi connectivity index (χ1) is 12.1. The monoisotopic (exact) mass is 358 g/mol. The number of aromatic amines is 1. The fraction of sp³-hybridized carbons (Fsp3) is 0.444. The van der Waals surface area contributed by atoms with E-state index in [-0.39, 0.29) is 5.91 Å². The summed E-state index contributed by atoms with van der Waals surface area (Å²) in [6.07, 6.45) is 1.88. The standard InChI is InChI=1S/C18H23BN2O5/c1-11(22)20-10-13(19-25-17(2,3)18(4,5)26-19)8-12-6-7-14-15(9-12)24-16(23)21-14/h6-9H,10H2,1-5H3,(H,20,22)(H,21,23). The van der Waals surface area contributed by atoms with Crippen LogP contribution in [0.5, 0.6) is 0 Å². The third-order valence-corrected chi connectivity index (χ3v) is 4.89. The molecule has 2 aromatic rings. The number of hydrogen-bond acceptors (Lipinski definition) is 5. The Morgan fingerprint density at radius 1 is 1.23 bits per heavy atom. The first-order valence-electron chi connectivity index (χ1n) is 8.51. The Morgan fingerprint density at radius 3 is 2.50 bits per heavy atom. The second kappa shape index (κ2) is 6.44. The number of oxazole rings is 1. The average molecular weight is 358 g/mol. The lowest BCUT2D eigenvalue weighted by Gasteiger charge is -2.32. The van der Waals surface area contributed by atoms with E-state index in [0.717, 1.165) is 11.0 Å². The number of carbonyl (C=O) groups excluding carboxylic acids is 1. The van der Waals surface area contributed by atoms with Crippen LogP contribution in [0.3, 0.4) is 0 Å². The van der Waals surface area contributed by atoms with Crippen molar-refractivity contribution in [3.63, 3.8) is 0 Å². The number of carbonyl (C=O) groups is 1. The van der Waals surface area contributed by atoms with Crippen LogP contribution in [-0.4, -0.2) is 35.8 Å². The van der Waals surface area contributed by atoms with Crippen LogP contribution in [0, 0.1) is 0 Å². The molecule has 1 fully saturated rings. The Kier molecular flexibility index (Phi) is 4.58. The van der Waals surface area contributed by atoms with Crippen molar-refractivity contribution in [2.24, 2.45) is 0 Å². The summed E-state index contributed by atoms with van der Waals surface area (Å²) >= 11 is 0. The number of amides is 1. The van der Waals surface area contributed by atoms with Crippen LogP contribution >= 0.6 is 0 Å². The largest absolute Gasteiger partial charge is 0.492 e. The highest BCUT2D eigenvalue weighted by Gasteiger charge is 2.52. The van der Waals surface area contributed by atoms with Gasteiger partial charge in [0.2, 0.25) is 5.91 Å². The highest BCUT2D eigenvalue weighted by atomic mass is 16.7. The predicted octanol–water partition coefficient (Wildman–Crippen LogP) is 2.27. The zero-order valence-corrected chi connectivity index (χ0v) is 15.6. The van der Waals surface area contributed by atoms with Crippen LogP contribution in [0.4, 0.5) is 0 Å². The lowest BCUT2D eigenvalue weighted by molar-refractivity contribution is -0.118. The molecule has 7 nitrogen and oxygen atoms in total. The van der Waals surface area contributed by atoms with E-state index < -0.39 is 24.1 Å². The van der Waals surface area contributed by atoms with Crippen molar-refractivity contribution in [3.8, 4) is 0 Å². The van der Waals surface area contributed by atoms with Gasteiger partial charge in [-0.2, -0.15) is 0 Å². The van der Waals surface area contributed by atoms with Crippen molar-refractivity contribution in [1.82, 2.24) is 10.3 Å². The number of hydrogen-bond donors (Lipinski definition) is 2. The summed E-state index contributed by atoms with van der Waals surface area (Å²) in [6, 6.07) is 5.38. The predicted molar refractivity (Wildman–Crippen MR) is 99.6 cm³/mol. The van der Waals surface area contributed by atoms with E-state index in [1.54, 1.807) is 12.1 Å². The molecule has 1 aliphatic heterocycles. The molecule has 2 heterocycles. The highest BCUT2D eigenvalue weighted by Crippen LogP contribution is 2.38. The Hall–Kier alpha value is -2.32. The van der Waals surface area contributed by atoms with Crippen LogP contribution in [0.25, 0.3) is 17.2 Å². The lowest BCUT2D eigenvalue weighted by Crippen LogP contribution is -2.41. The van der Waals surface area contributed by atoms with Crippen LogP contribution in [0.1, 0.15) is 40.2 Å². The molecule has 8 heteroatoms. The highest BCUT2D eigenvalue weighted by molar-refractivity contribution is 6.56. The molecule has 0 bridgehead atoms. The van der Waals surface area contributed by atoms with E-state index in [4.69, 9.17) is 13.7 Å². The second-order valence-corrected chi connectivity index (χ2v) is 7.49. The van der Waals surface area contributed by atoms with Gasteiger partial charge in [-0.15, -0.1) is 0 Å². The third kappa shape index (κ3) is 3.61. The van der Waals surface area contributed by atoms with Gasteiger partial charge in [-0.25, -0.2) is 4.79 Å². The maximum absolute atomic E-state index is 11.4. The van der Waals surface area contributed by atoms with Gasteiger partial charge in [-0.1, -0.05) is 12.1 Å². The fourth-order valence-corrected chi connectivity index (χ4v) is 2.69. The van der Waals surface area contributed by atoms with Crippen LogP contribution in [0.2, 0.25) is 0 Å². The Bertz CT molecular complexity index is 909. The molecule has 138 valence electrons. The number of aromatic nitrogens is 1. The summed E-state index contributed by atoms with van der Waals surface area (Å²) in [7, 11) is -0.583. The van der Waals surface area contributed by atoms with Crippen LogP contribution in [-0.2, 0) is 14.1 Å². The van der Waals surface area contributed by atoms with Gasteiger partial charge in [0.15, 0.2) is 5.58 Å². The average Bonchev–Trinajstić information content (AvgIpc) is 2.98. The lowest BCUT2D eigenvalue weighted by atomic mass is 9.77. The van der Waals surface area contributed by atoms with Gasteiger partial charge >= 0.3 is 12.9 Å². The van der Waals surface area contributed by atoms with E-state index in [1.807, 2.05) is 39.8 Å². The molecular weight excluding hydrogens is 335 g/mol. The molecule has 0 unspecified atom stereocenters. The molecule has 26 heavy (non-hydrogen) atoms. The van der Waals surface area contributed by atoms with Crippen molar-refractivity contribution in [3.05, 3.63) is 39.8 Å². The summed E-state index contributed by atoms with van der Waals surface area (Å²) < 4.78 is 17.3. The molecule has 1 amide bonds. The summed E-state index contributed by atoms with van der Waals surface area (Å²) in [5.41, 5.74) is 1.73. The van der Waals surface area contributed by atoms with E-state index in [9.17, 15) is 9.59 Å². The van der Waals surface area contributed by atoms with E-state index >= 15 is 0 Å². The van der Waals surface area contributed by atoms with Crippen molar-refractivity contribution in [2.75, 3.05) is 6.54 Å². The van der Waals surface area contributed by atoms with Crippen molar-refractivity contribution < 1.29 is 18.5 Å². The van der Waals surface area contributed by atoms with Gasteiger partial charge in [-0.05, 0) is 50.9 Å². The van der Waals surface area contributed by atoms with Gasteiger partial charge in [0.05, 0.1) is 16.7 Å². The van der Waals surface area contributed by atoms with E-state index in [1.165, 1.54) is 6.92 Å². The number of benzene rings is 1. The topological polar surface area (TPSA) is 93.6 Å². The summed E-state index contributed by atoms with van der Waals surface area (Å²) in [4.78, 5) is 25.3. The number of H-pyrrole nitrogens is 1. The Labute approximate surface area is 151 Å². The molecule has 0 radical (unpaired) electrons. The van der Waals surface area contributed by atoms with Crippen LogP contribution in [0.15, 0.2) is 32.9 Å². The maximum atomic E-state index is 11.4. The second-order valence-electron chi connectivity index (χ2n) is 7.49.